The summed E-state index contributed by atoms with van der Waals surface area (Å²) in [5.74, 6) is 0.0787. The summed E-state index contributed by atoms with van der Waals surface area (Å²) in [6, 6.07) is 6.89. The van der Waals surface area contributed by atoms with Crippen LogP contribution >= 0.6 is 0 Å². The van der Waals surface area contributed by atoms with Crippen LogP contribution in [0.3, 0.4) is 0 Å². The molecule has 1 aromatic rings. The molecule has 0 saturated carbocycles. The number of hydrogen-bond donors (Lipinski definition) is 0. The molecule has 2 saturated heterocycles. The largest absolute Gasteiger partial charge is 0.383 e. The summed E-state index contributed by atoms with van der Waals surface area (Å²) in [6.45, 7) is 6.01. The lowest BCUT2D eigenvalue weighted by Crippen LogP contribution is -2.61. The van der Waals surface area contributed by atoms with Crippen LogP contribution in [0.25, 0.3) is 0 Å². The lowest BCUT2D eigenvalue weighted by atomic mass is 9.86. The van der Waals surface area contributed by atoms with E-state index in [1.54, 1.807) is 19.2 Å². The molecule has 0 aliphatic carbocycles. The first-order chi connectivity index (χ1) is 13.0. The first-order valence-corrected chi connectivity index (χ1v) is 9.97. The van der Waals surface area contributed by atoms with Crippen LogP contribution in [0.1, 0.15) is 24.8 Å². The second kappa shape index (κ2) is 9.13. The van der Waals surface area contributed by atoms with Gasteiger partial charge in [-0.3, -0.25) is 14.6 Å². The molecule has 2 aliphatic rings. The molecule has 150 valence electrons. The Kier molecular flexibility index (Phi) is 6.84. The number of amides is 1. The Labute approximate surface area is 162 Å². The van der Waals surface area contributed by atoms with Crippen molar-refractivity contribution in [1.29, 1.82) is 0 Å². The van der Waals surface area contributed by atoms with Crippen LogP contribution in [-0.4, -0.2) is 86.2 Å². The summed E-state index contributed by atoms with van der Waals surface area (Å²) in [5, 5.41) is 0. The third-order valence-corrected chi connectivity index (χ3v) is 6.25. The molecule has 1 spiro atoms. The standard InChI is InChI=1S/C21H32FN3O2/c1-23-12-13-24(10-7-18-4-3-5-19(22)16-18)17-21(23)8-6-20(26)25(11-9-21)14-15-27-2/h3-5,16H,6-15,17H2,1-2H3/t21-/m0/s1. The van der Waals surface area contributed by atoms with Gasteiger partial charge in [-0.1, -0.05) is 12.1 Å². The summed E-state index contributed by atoms with van der Waals surface area (Å²) >= 11 is 0. The Morgan fingerprint density at radius 2 is 2.04 bits per heavy atom. The minimum atomic E-state index is -0.166. The average Bonchev–Trinajstić information content (AvgIpc) is 2.81. The molecule has 0 unspecified atom stereocenters. The number of likely N-dealkylation sites (N-methyl/N-ethyl adjacent to an activating group) is 1. The highest BCUT2D eigenvalue weighted by Gasteiger charge is 2.41. The topological polar surface area (TPSA) is 36.0 Å². The molecular weight excluding hydrogens is 345 g/mol. The van der Waals surface area contributed by atoms with Gasteiger partial charge in [0.1, 0.15) is 5.82 Å². The maximum atomic E-state index is 13.4. The smallest absolute Gasteiger partial charge is 0.222 e. The number of carbonyl (C=O) groups excluding carboxylic acids is 1. The molecule has 1 aromatic carbocycles. The zero-order valence-corrected chi connectivity index (χ0v) is 16.6. The van der Waals surface area contributed by atoms with Gasteiger partial charge in [0.2, 0.25) is 5.91 Å². The minimum absolute atomic E-state index is 0.0532. The number of piperazine rings is 1. The van der Waals surface area contributed by atoms with E-state index >= 15 is 0 Å². The first-order valence-electron chi connectivity index (χ1n) is 9.97. The molecular formula is C21H32FN3O2. The lowest BCUT2D eigenvalue weighted by Gasteiger charge is -2.49. The maximum Gasteiger partial charge on any atom is 0.222 e. The third kappa shape index (κ3) is 5.06. The zero-order valence-electron chi connectivity index (χ0n) is 16.6. The number of methoxy groups -OCH3 is 1. The second-order valence-corrected chi connectivity index (χ2v) is 7.93. The van der Waals surface area contributed by atoms with Crippen LogP contribution in [0.15, 0.2) is 24.3 Å². The van der Waals surface area contributed by atoms with E-state index in [1.165, 1.54) is 6.07 Å². The van der Waals surface area contributed by atoms with E-state index in [2.05, 4.69) is 16.8 Å². The first kappa shape index (κ1) is 20.2. The van der Waals surface area contributed by atoms with Crippen LogP contribution in [0, 0.1) is 5.82 Å². The van der Waals surface area contributed by atoms with Crippen molar-refractivity contribution >= 4 is 5.91 Å². The number of benzene rings is 1. The number of nitrogens with zero attached hydrogens (tertiary/aromatic N) is 3. The average molecular weight is 378 g/mol. The normalized spacial score (nSPS) is 25.1. The van der Waals surface area contributed by atoms with Crippen LogP contribution in [-0.2, 0) is 16.0 Å². The van der Waals surface area contributed by atoms with Crippen molar-refractivity contribution in [3.8, 4) is 0 Å². The predicted molar refractivity (Wildman–Crippen MR) is 104 cm³/mol. The molecule has 1 amide bonds. The van der Waals surface area contributed by atoms with Gasteiger partial charge in [0.15, 0.2) is 0 Å². The Morgan fingerprint density at radius 3 is 2.81 bits per heavy atom. The van der Waals surface area contributed by atoms with Crippen molar-refractivity contribution in [2.75, 3.05) is 60.0 Å². The summed E-state index contributed by atoms with van der Waals surface area (Å²) in [4.78, 5) is 19.4. The molecule has 2 fully saturated rings. The van der Waals surface area contributed by atoms with Crippen molar-refractivity contribution in [3.05, 3.63) is 35.6 Å². The zero-order chi connectivity index (χ0) is 19.3. The highest BCUT2D eigenvalue weighted by molar-refractivity contribution is 5.76. The molecule has 2 aliphatic heterocycles. The van der Waals surface area contributed by atoms with Gasteiger partial charge in [0.25, 0.3) is 0 Å². The quantitative estimate of drug-likeness (QED) is 0.760. The molecule has 5 nitrogen and oxygen atoms in total. The number of halogens is 1. The molecule has 2 heterocycles. The molecule has 27 heavy (non-hydrogen) atoms. The van der Waals surface area contributed by atoms with Crippen LogP contribution in [0.5, 0.6) is 0 Å². The van der Waals surface area contributed by atoms with E-state index in [1.807, 2.05) is 11.0 Å². The molecule has 1 atom stereocenters. The monoisotopic (exact) mass is 377 g/mol. The number of carbonyl (C=O) groups is 1. The second-order valence-electron chi connectivity index (χ2n) is 7.93. The van der Waals surface area contributed by atoms with E-state index in [-0.39, 0.29) is 17.3 Å². The van der Waals surface area contributed by atoms with Gasteiger partial charge in [-0.2, -0.15) is 0 Å². The lowest BCUT2D eigenvalue weighted by molar-refractivity contribution is -0.131. The van der Waals surface area contributed by atoms with Gasteiger partial charge < -0.3 is 9.64 Å². The summed E-state index contributed by atoms with van der Waals surface area (Å²) in [7, 11) is 3.87. The summed E-state index contributed by atoms with van der Waals surface area (Å²) < 4.78 is 18.6. The van der Waals surface area contributed by atoms with Gasteiger partial charge in [-0.05, 0) is 44.0 Å². The van der Waals surface area contributed by atoms with Crippen molar-refractivity contribution < 1.29 is 13.9 Å². The van der Waals surface area contributed by atoms with Crippen LogP contribution < -0.4 is 0 Å². The predicted octanol–water partition coefficient (Wildman–Crippen LogP) is 2.01. The Hall–Kier alpha value is -1.50. The fourth-order valence-electron chi connectivity index (χ4n) is 4.38. The van der Waals surface area contributed by atoms with Gasteiger partial charge in [0.05, 0.1) is 6.61 Å². The minimum Gasteiger partial charge on any atom is -0.383 e. The number of hydrogen-bond acceptors (Lipinski definition) is 4. The molecule has 6 heteroatoms. The van der Waals surface area contributed by atoms with E-state index < -0.39 is 0 Å². The Morgan fingerprint density at radius 1 is 1.19 bits per heavy atom. The molecule has 0 N–H and O–H groups in total. The van der Waals surface area contributed by atoms with Crippen molar-refractivity contribution in [1.82, 2.24) is 14.7 Å². The molecule has 0 bridgehead atoms. The van der Waals surface area contributed by atoms with E-state index in [0.29, 0.717) is 19.6 Å². The van der Waals surface area contributed by atoms with Crippen molar-refractivity contribution in [2.24, 2.45) is 0 Å². The fraction of sp³-hybridized carbons (Fsp3) is 0.667. The Balaban J connectivity index is 1.61. The number of ether oxygens (including phenoxy) is 1. The van der Waals surface area contributed by atoms with Gasteiger partial charge in [-0.15, -0.1) is 0 Å². The van der Waals surface area contributed by atoms with Crippen LogP contribution in [0.2, 0.25) is 0 Å². The SMILES string of the molecule is COCCN1CC[C@@]2(CCC1=O)CN(CCc1cccc(F)c1)CCN2C. The van der Waals surface area contributed by atoms with Gasteiger partial charge >= 0.3 is 0 Å². The molecule has 3 rings (SSSR count). The van der Waals surface area contributed by atoms with E-state index in [0.717, 1.165) is 57.5 Å². The number of rotatable bonds is 6. The highest BCUT2D eigenvalue weighted by Crippen LogP contribution is 2.32. The number of likely N-dealkylation sites (tertiary alicyclic amines) is 1. The molecule has 0 radical (unpaired) electrons. The molecule has 0 aromatic heterocycles. The van der Waals surface area contributed by atoms with E-state index in [9.17, 15) is 9.18 Å². The van der Waals surface area contributed by atoms with Gasteiger partial charge in [-0.25, -0.2) is 4.39 Å². The van der Waals surface area contributed by atoms with Crippen molar-refractivity contribution in [3.63, 3.8) is 0 Å². The highest BCUT2D eigenvalue weighted by atomic mass is 19.1. The Bertz CT molecular complexity index is 642. The van der Waals surface area contributed by atoms with Crippen molar-refractivity contribution in [2.45, 2.75) is 31.2 Å². The van der Waals surface area contributed by atoms with Crippen LogP contribution in [0.4, 0.5) is 4.39 Å². The van der Waals surface area contributed by atoms with Gasteiger partial charge in [0, 0.05) is 58.3 Å². The third-order valence-electron chi connectivity index (χ3n) is 6.25. The van der Waals surface area contributed by atoms with E-state index in [4.69, 9.17) is 4.74 Å². The summed E-state index contributed by atoms with van der Waals surface area (Å²) in [6.07, 6.45) is 3.36. The maximum absolute atomic E-state index is 13.4. The fourth-order valence-corrected chi connectivity index (χ4v) is 4.38. The summed E-state index contributed by atoms with van der Waals surface area (Å²) in [5.41, 5.74) is 1.10.